The Labute approximate surface area is 100 Å². The highest BCUT2D eigenvalue weighted by molar-refractivity contribution is 7.89. The molecule has 0 amide bonds. The first-order valence-electron chi connectivity index (χ1n) is 4.60. The predicted molar refractivity (Wildman–Crippen MR) is 65.7 cm³/mol. The third kappa shape index (κ3) is 3.84. The van der Waals surface area contributed by atoms with E-state index in [1.54, 1.807) is 0 Å². The number of nitrogens with two attached hydrogens (primary N) is 1. The number of sulfonamides is 1. The number of hydrogen-bond donors (Lipinski definition) is 2. The summed E-state index contributed by atoms with van der Waals surface area (Å²) in [5.41, 5.74) is 5.99. The molecule has 0 fully saturated rings. The van der Waals surface area contributed by atoms with Crippen LogP contribution >= 0.6 is 11.6 Å². The first-order chi connectivity index (χ1) is 7.42. The number of nitrogens with one attached hydrogen (secondary N) is 1. The minimum Gasteiger partial charge on any atom is -0.399 e. The molecule has 0 aliphatic rings. The fourth-order valence-electron chi connectivity index (χ4n) is 1.05. The Morgan fingerprint density at radius 3 is 2.44 bits per heavy atom. The van der Waals surface area contributed by atoms with Gasteiger partial charge in [-0.3, -0.25) is 0 Å². The highest BCUT2D eigenvalue weighted by Crippen LogP contribution is 2.11. The number of rotatable bonds is 5. The smallest absolute Gasteiger partial charge is 0.240 e. The molecule has 0 unspecified atom stereocenters. The van der Waals surface area contributed by atoms with Crippen molar-refractivity contribution in [2.75, 3.05) is 12.3 Å². The van der Waals surface area contributed by atoms with Crippen molar-refractivity contribution in [2.24, 2.45) is 0 Å². The Bertz CT molecular complexity index is 468. The second-order valence-electron chi connectivity index (χ2n) is 3.23. The van der Waals surface area contributed by atoms with Gasteiger partial charge in [0.05, 0.1) is 4.90 Å². The molecule has 1 aromatic carbocycles. The Kier molecular flexibility index (Phi) is 4.35. The van der Waals surface area contributed by atoms with Crippen molar-refractivity contribution in [2.45, 2.75) is 11.3 Å². The number of hydrogen-bond acceptors (Lipinski definition) is 3. The lowest BCUT2D eigenvalue weighted by atomic mass is 10.3. The van der Waals surface area contributed by atoms with Gasteiger partial charge in [0.25, 0.3) is 0 Å². The lowest BCUT2D eigenvalue weighted by Crippen LogP contribution is -2.24. The van der Waals surface area contributed by atoms with E-state index in [9.17, 15) is 8.42 Å². The van der Waals surface area contributed by atoms with E-state index < -0.39 is 10.0 Å². The second kappa shape index (κ2) is 5.34. The Hall–Kier alpha value is -1.04. The van der Waals surface area contributed by atoms with E-state index in [-0.39, 0.29) is 11.4 Å². The highest BCUT2D eigenvalue weighted by Gasteiger charge is 2.12. The van der Waals surface area contributed by atoms with Gasteiger partial charge in [-0.2, -0.15) is 0 Å². The van der Waals surface area contributed by atoms with Crippen LogP contribution in [0.3, 0.4) is 0 Å². The van der Waals surface area contributed by atoms with Crippen molar-refractivity contribution in [3.63, 3.8) is 0 Å². The molecule has 0 aliphatic heterocycles. The third-order valence-corrected chi connectivity index (χ3v) is 3.54. The number of benzene rings is 1. The lowest BCUT2D eigenvalue weighted by molar-refractivity contribution is 0.582. The van der Waals surface area contributed by atoms with E-state index in [1.807, 2.05) is 0 Å². The summed E-state index contributed by atoms with van der Waals surface area (Å²) in [6, 6.07) is 5.98. The first-order valence-corrected chi connectivity index (χ1v) is 6.46. The summed E-state index contributed by atoms with van der Waals surface area (Å²) in [4.78, 5) is 0.182. The van der Waals surface area contributed by atoms with Crippen LogP contribution in [0.25, 0.3) is 0 Å². The van der Waals surface area contributed by atoms with E-state index in [0.29, 0.717) is 17.1 Å². The maximum absolute atomic E-state index is 11.7. The van der Waals surface area contributed by atoms with E-state index >= 15 is 0 Å². The summed E-state index contributed by atoms with van der Waals surface area (Å²) < 4.78 is 25.8. The van der Waals surface area contributed by atoms with Gasteiger partial charge in [0, 0.05) is 17.3 Å². The zero-order valence-corrected chi connectivity index (χ0v) is 10.2. The minimum atomic E-state index is -3.48. The van der Waals surface area contributed by atoms with Crippen molar-refractivity contribution >= 4 is 27.3 Å². The fraction of sp³-hybridized carbons (Fsp3) is 0.200. The predicted octanol–water partition coefficient (Wildman–Crippen LogP) is 1.69. The molecule has 1 aromatic rings. The van der Waals surface area contributed by atoms with E-state index in [1.165, 1.54) is 24.3 Å². The van der Waals surface area contributed by atoms with Gasteiger partial charge in [0.15, 0.2) is 0 Å². The van der Waals surface area contributed by atoms with Crippen molar-refractivity contribution in [1.82, 2.24) is 4.72 Å². The van der Waals surface area contributed by atoms with Gasteiger partial charge in [-0.1, -0.05) is 18.2 Å². The number of halogens is 1. The molecular weight excluding hydrogens is 248 g/mol. The van der Waals surface area contributed by atoms with Crippen LogP contribution in [0.1, 0.15) is 6.42 Å². The van der Waals surface area contributed by atoms with Gasteiger partial charge in [-0.15, -0.1) is 0 Å². The van der Waals surface area contributed by atoms with E-state index in [4.69, 9.17) is 17.3 Å². The molecule has 0 saturated carbocycles. The molecule has 88 valence electrons. The van der Waals surface area contributed by atoms with Gasteiger partial charge in [-0.25, -0.2) is 13.1 Å². The van der Waals surface area contributed by atoms with Gasteiger partial charge in [-0.05, 0) is 30.7 Å². The fourth-order valence-corrected chi connectivity index (χ4v) is 2.18. The molecule has 16 heavy (non-hydrogen) atoms. The molecule has 4 nitrogen and oxygen atoms in total. The van der Waals surface area contributed by atoms with Crippen LogP contribution in [0.15, 0.2) is 40.8 Å². The monoisotopic (exact) mass is 260 g/mol. The first kappa shape index (κ1) is 13.0. The summed E-state index contributed by atoms with van der Waals surface area (Å²) in [6.45, 7) is 3.70. The summed E-state index contributed by atoms with van der Waals surface area (Å²) in [5, 5.41) is 0.417. The molecule has 0 saturated heterocycles. The standard InChI is InChI=1S/C10H13ClN2O2S/c1-8(11)6-7-13-16(14,15)10-4-2-9(12)3-5-10/h2-5,13H,1,6-7,12H2. The van der Waals surface area contributed by atoms with E-state index in [2.05, 4.69) is 11.3 Å². The molecule has 0 aliphatic carbocycles. The van der Waals surface area contributed by atoms with E-state index in [0.717, 1.165) is 0 Å². The van der Waals surface area contributed by atoms with Crippen LogP contribution < -0.4 is 10.5 Å². The third-order valence-electron chi connectivity index (χ3n) is 1.88. The van der Waals surface area contributed by atoms with Crippen molar-refractivity contribution in [3.8, 4) is 0 Å². The molecule has 0 heterocycles. The average Bonchev–Trinajstić information content (AvgIpc) is 2.17. The largest absolute Gasteiger partial charge is 0.399 e. The van der Waals surface area contributed by atoms with Crippen LogP contribution in [-0.2, 0) is 10.0 Å². The quantitative estimate of drug-likeness (QED) is 0.792. The summed E-state index contributed by atoms with van der Waals surface area (Å²) in [5.74, 6) is 0. The maximum Gasteiger partial charge on any atom is 0.240 e. The van der Waals surface area contributed by atoms with Gasteiger partial charge >= 0.3 is 0 Å². The average molecular weight is 261 g/mol. The number of anilines is 1. The molecule has 0 spiro atoms. The normalized spacial score (nSPS) is 11.3. The molecule has 0 radical (unpaired) electrons. The van der Waals surface area contributed by atoms with Gasteiger partial charge in [0.2, 0.25) is 10.0 Å². The van der Waals surface area contributed by atoms with Crippen molar-refractivity contribution in [3.05, 3.63) is 35.9 Å². The second-order valence-corrected chi connectivity index (χ2v) is 5.54. The zero-order valence-electron chi connectivity index (χ0n) is 8.61. The summed E-state index contributed by atoms with van der Waals surface area (Å²) in [7, 11) is -3.48. The van der Waals surface area contributed by atoms with Crippen molar-refractivity contribution < 1.29 is 8.42 Å². The molecule has 3 N–H and O–H groups in total. The van der Waals surface area contributed by atoms with Gasteiger partial charge in [0.1, 0.15) is 0 Å². The minimum absolute atomic E-state index is 0.182. The molecule has 6 heteroatoms. The van der Waals surface area contributed by atoms with Crippen LogP contribution in [0.2, 0.25) is 0 Å². The van der Waals surface area contributed by atoms with Crippen molar-refractivity contribution in [1.29, 1.82) is 0 Å². The van der Waals surface area contributed by atoms with Crippen LogP contribution in [-0.4, -0.2) is 15.0 Å². The topological polar surface area (TPSA) is 72.2 Å². The zero-order chi connectivity index (χ0) is 12.2. The summed E-state index contributed by atoms with van der Waals surface area (Å²) in [6.07, 6.45) is 0.399. The SMILES string of the molecule is C=C(Cl)CCNS(=O)(=O)c1ccc(N)cc1. The lowest BCUT2D eigenvalue weighted by Gasteiger charge is -2.06. The van der Waals surface area contributed by atoms with Gasteiger partial charge < -0.3 is 5.73 Å². The Morgan fingerprint density at radius 1 is 1.38 bits per heavy atom. The molecular formula is C10H13ClN2O2S. The molecule has 0 aromatic heterocycles. The Morgan fingerprint density at radius 2 is 1.94 bits per heavy atom. The number of nitrogen functional groups attached to an aromatic ring is 1. The Balaban J connectivity index is 2.71. The van der Waals surface area contributed by atoms with Crippen LogP contribution in [0.4, 0.5) is 5.69 Å². The van der Waals surface area contributed by atoms with Crippen LogP contribution in [0, 0.1) is 0 Å². The highest BCUT2D eigenvalue weighted by atomic mass is 35.5. The molecule has 0 bridgehead atoms. The maximum atomic E-state index is 11.7. The summed E-state index contributed by atoms with van der Waals surface area (Å²) >= 11 is 5.53. The molecule has 0 atom stereocenters. The molecule has 1 rings (SSSR count). The van der Waals surface area contributed by atoms with Crippen LogP contribution in [0.5, 0.6) is 0 Å².